The van der Waals surface area contributed by atoms with Crippen LogP contribution in [0.5, 0.6) is 5.75 Å². The summed E-state index contributed by atoms with van der Waals surface area (Å²) >= 11 is 0. The van der Waals surface area contributed by atoms with Gasteiger partial charge >= 0.3 is 5.97 Å². The molecule has 1 unspecified atom stereocenters. The molecule has 0 heterocycles. The van der Waals surface area contributed by atoms with Gasteiger partial charge in [0.05, 0.1) is 7.11 Å². The molecule has 0 aliphatic carbocycles. The molecule has 2 aromatic rings. The number of aromatic hydroxyl groups is 1. The first kappa shape index (κ1) is 15.1. The van der Waals surface area contributed by atoms with E-state index < -0.39 is 12.0 Å². The lowest BCUT2D eigenvalue weighted by atomic mass is 9.99. The second-order valence-corrected chi connectivity index (χ2v) is 4.96. The van der Waals surface area contributed by atoms with Crippen LogP contribution in [-0.4, -0.2) is 24.2 Å². The summed E-state index contributed by atoms with van der Waals surface area (Å²) in [6.07, 6.45) is 1.02. The summed E-state index contributed by atoms with van der Waals surface area (Å²) in [6.45, 7) is 0. The maximum atomic E-state index is 11.4. The molecule has 0 saturated heterocycles. The second-order valence-electron chi connectivity index (χ2n) is 4.96. The Morgan fingerprint density at radius 1 is 1.19 bits per heavy atom. The van der Waals surface area contributed by atoms with Crippen LogP contribution in [0.15, 0.2) is 48.5 Å². The van der Waals surface area contributed by atoms with Gasteiger partial charge in [-0.1, -0.05) is 42.5 Å². The van der Waals surface area contributed by atoms with Crippen LogP contribution in [0.25, 0.3) is 0 Å². The van der Waals surface area contributed by atoms with Crippen molar-refractivity contribution in [1.82, 2.24) is 0 Å². The molecule has 3 N–H and O–H groups in total. The van der Waals surface area contributed by atoms with E-state index in [0.717, 1.165) is 12.0 Å². The van der Waals surface area contributed by atoms with Crippen molar-refractivity contribution in [1.29, 1.82) is 0 Å². The number of carbonyl (C=O) groups excluding carboxylic acids is 1. The molecule has 2 rings (SSSR count). The van der Waals surface area contributed by atoms with Crippen molar-refractivity contribution in [2.75, 3.05) is 7.11 Å². The summed E-state index contributed by atoms with van der Waals surface area (Å²) in [6, 6.07) is 14.7. The summed E-state index contributed by atoms with van der Waals surface area (Å²) in [5, 5.41) is 9.90. The van der Waals surface area contributed by atoms with E-state index in [1.54, 1.807) is 6.07 Å². The van der Waals surface area contributed by atoms with Gasteiger partial charge in [-0.3, -0.25) is 4.79 Å². The average Bonchev–Trinajstić information content (AvgIpc) is 2.50. The second kappa shape index (κ2) is 6.90. The van der Waals surface area contributed by atoms with Crippen molar-refractivity contribution in [2.45, 2.75) is 18.9 Å². The highest BCUT2D eigenvalue weighted by Gasteiger charge is 2.16. The van der Waals surface area contributed by atoms with E-state index in [9.17, 15) is 9.90 Å². The Morgan fingerprint density at radius 2 is 1.90 bits per heavy atom. The van der Waals surface area contributed by atoms with E-state index in [1.807, 2.05) is 42.5 Å². The number of methoxy groups -OCH3 is 1. The molecule has 0 radical (unpaired) electrons. The van der Waals surface area contributed by atoms with Gasteiger partial charge in [0.25, 0.3) is 0 Å². The van der Waals surface area contributed by atoms with Crippen molar-refractivity contribution in [3.05, 3.63) is 65.2 Å². The Kier molecular flexibility index (Phi) is 4.95. The van der Waals surface area contributed by atoms with Gasteiger partial charge in [-0.25, -0.2) is 0 Å². The minimum absolute atomic E-state index is 0.145. The Hall–Kier alpha value is -2.33. The quantitative estimate of drug-likeness (QED) is 0.824. The van der Waals surface area contributed by atoms with Gasteiger partial charge in [0, 0.05) is 6.42 Å². The van der Waals surface area contributed by atoms with E-state index in [2.05, 4.69) is 4.74 Å². The van der Waals surface area contributed by atoms with E-state index in [0.29, 0.717) is 5.56 Å². The summed E-state index contributed by atoms with van der Waals surface area (Å²) < 4.78 is 4.60. The molecule has 2 aromatic carbocycles. The standard InChI is InChI=1S/C17H19NO3/c1-21-17(20)15(18)11-14-10-13(7-8-16(14)19)9-12-5-3-2-4-6-12/h2-8,10,15,19H,9,11,18H2,1H3. The molecule has 0 aliphatic heterocycles. The van der Waals surface area contributed by atoms with Crippen LogP contribution in [-0.2, 0) is 22.4 Å². The van der Waals surface area contributed by atoms with Gasteiger partial charge in [-0.05, 0) is 29.2 Å². The van der Waals surface area contributed by atoms with Crippen LogP contribution in [0.2, 0.25) is 0 Å². The van der Waals surface area contributed by atoms with Crippen LogP contribution in [0.3, 0.4) is 0 Å². The normalized spacial score (nSPS) is 11.9. The SMILES string of the molecule is COC(=O)C(N)Cc1cc(Cc2ccccc2)ccc1O. The summed E-state index contributed by atoms with van der Waals surface area (Å²) in [5.41, 5.74) is 8.65. The fraction of sp³-hybridized carbons (Fsp3) is 0.235. The molecule has 110 valence electrons. The third kappa shape index (κ3) is 4.07. The maximum Gasteiger partial charge on any atom is 0.322 e. The first-order chi connectivity index (χ1) is 10.1. The molecule has 0 saturated carbocycles. The molecule has 0 spiro atoms. The van der Waals surface area contributed by atoms with Gasteiger partial charge < -0.3 is 15.6 Å². The van der Waals surface area contributed by atoms with Crippen LogP contribution in [0.4, 0.5) is 0 Å². The van der Waals surface area contributed by atoms with Crippen molar-refractivity contribution in [2.24, 2.45) is 5.73 Å². The number of benzene rings is 2. The van der Waals surface area contributed by atoms with Crippen molar-refractivity contribution in [3.8, 4) is 5.75 Å². The highest BCUT2D eigenvalue weighted by Crippen LogP contribution is 2.21. The monoisotopic (exact) mass is 285 g/mol. The fourth-order valence-electron chi connectivity index (χ4n) is 2.22. The number of esters is 1. The van der Waals surface area contributed by atoms with Crippen LogP contribution >= 0.6 is 0 Å². The fourth-order valence-corrected chi connectivity index (χ4v) is 2.22. The minimum Gasteiger partial charge on any atom is -0.508 e. The van der Waals surface area contributed by atoms with Crippen LogP contribution in [0.1, 0.15) is 16.7 Å². The number of hydrogen-bond donors (Lipinski definition) is 2. The van der Waals surface area contributed by atoms with Gasteiger partial charge in [0.2, 0.25) is 0 Å². The van der Waals surface area contributed by atoms with E-state index in [1.165, 1.54) is 12.7 Å². The zero-order valence-corrected chi connectivity index (χ0v) is 12.0. The molecule has 0 amide bonds. The number of carbonyl (C=O) groups is 1. The van der Waals surface area contributed by atoms with E-state index in [-0.39, 0.29) is 12.2 Å². The van der Waals surface area contributed by atoms with Gasteiger partial charge in [0.15, 0.2) is 0 Å². The minimum atomic E-state index is -0.770. The van der Waals surface area contributed by atoms with Crippen molar-refractivity contribution < 1.29 is 14.6 Å². The molecule has 4 heteroatoms. The third-order valence-electron chi connectivity index (χ3n) is 3.34. The summed E-state index contributed by atoms with van der Waals surface area (Å²) in [4.78, 5) is 11.4. The number of ether oxygens (including phenoxy) is 1. The molecular weight excluding hydrogens is 266 g/mol. The highest BCUT2D eigenvalue weighted by molar-refractivity contribution is 5.75. The van der Waals surface area contributed by atoms with Gasteiger partial charge in [-0.15, -0.1) is 0 Å². The number of phenolic OH excluding ortho intramolecular Hbond substituents is 1. The highest BCUT2D eigenvalue weighted by atomic mass is 16.5. The summed E-state index contributed by atoms with van der Waals surface area (Å²) in [7, 11) is 1.30. The molecular formula is C17H19NO3. The lowest BCUT2D eigenvalue weighted by molar-refractivity contribution is -0.142. The molecule has 0 aliphatic rings. The lowest BCUT2D eigenvalue weighted by Gasteiger charge is -2.12. The number of rotatable bonds is 5. The van der Waals surface area contributed by atoms with E-state index >= 15 is 0 Å². The first-order valence-corrected chi connectivity index (χ1v) is 6.78. The smallest absolute Gasteiger partial charge is 0.322 e. The maximum absolute atomic E-state index is 11.4. The van der Waals surface area contributed by atoms with Crippen molar-refractivity contribution >= 4 is 5.97 Å². The largest absolute Gasteiger partial charge is 0.508 e. The number of nitrogens with two attached hydrogens (primary N) is 1. The molecule has 1 atom stereocenters. The van der Waals surface area contributed by atoms with E-state index in [4.69, 9.17) is 5.73 Å². The Balaban J connectivity index is 2.15. The number of hydrogen-bond acceptors (Lipinski definition) is 4. The lowest BCUT2D eigenvalue weighted by Crippen LogP contribution is -2.33. The zero-order chi connectivity index (χ0) is 15.2. The van der Waals surface area contributed by atoms with Crippen LogP contribution < -0.4 is 5.73 Å². The van der Waals surface area contributed by atoms with Crippen LogP contribution in [0, 0.1) is 0 Å². The Bertz CT molecular complexity index is 611. The first-order valence-electron chi connectivity index (χ1n) is 6.78. The molecule has 0 aromatic heterocycles. The molecule has 0 bridgehead atoms. The Morgan fingerprint density at radius 3 is 2.57 bits per heavy atom. The predicted molar refractivity (Wildman–Crippen MR) is 81.1 cm³/mol. The topological polar surface area (TPSA) is 72.5 Å². The predicted octanol–water partition coefficient (Wildman–Crippen LogP) is 2.03. The average molecular weight is 285 g/mol. The molecule has 4 nitrogen and oxygen atoms in total. The van der Waals surface area contributed by atoms with Gasteiger partial charge in [-0.2, -0.15) is 0 Å². The zero-order valence-electron chi connectivity index (χ0n) is 12.0. The summed E-state index contributed by atoms with van der Waals surface area (Å²) in [5.74, 6) is -0.339. The van der Waals surface area contributed by atoms with Gasteiger partial charge in [0.1, 0.15) is 11.8 Å². The Labute approximate surface area is 124 Å². The molecule has 0 fully saturated rings. The molecule has 21 heavy (non-hydrogen) atoms. The van der Waals surface area contributed by atoms with Crippen molar-refractivity contribution in [3.63, 3.8) is 0 Å². The number of phenols is 1. The third-order valence-corrected chi connectivity index (χ3v) is 3.34.